The van der Waals surface area contributed by atoms with Gasteiger partial charge in [-0.25, -0.2) is 0 Å². The molecule has 0 heterocycles. The van der Waals surface area contributed by atoms with Crippen molar-refractivity contribution in [1.82, 2.24) is 0 Å². The van der Waals surface area contributed by atoms with Crippen LogP contribution in [0, 0.1) is 50.2 Å². The number of carbonyl (C=O) groups is 1. The SMILES string of the molecule is CC1(C)C=C2C3CCC4C5(C)CCC(O)C(C)(CO)C5CCC4(C)C3(C)CCC2(C(=O)O)CC1. The van der Waals surface area contributed by atoms with Crippen LogP contribution in [0.2, 0.25) is 0 Å². The van der Waals surface area contributed by atoms with Gasteiger partial charge in [0.15, 0.2) is 0 Å². The number of rotatable bonds is 2. The molecule has 0 aromatic heterocycles. The molecule has 4 nitrogen and oxygen atoms in total. The smallest absolute Gasteiger partial charge is 0.313 e. The van der Waals surface area contributed by atoms with Crippen molar-refractivity contribution in [2.45, 2.75) is 112 Å². The van der Waals surface area contributed by atoms with E-state index >= 15 is 0 Å². The summed E-state index contributed by atoms with van der Waals surface area (Å²) < 4.78 is 0. The number of hydrogen-bond donors (Lipinski definition) is 3. The summed E-state index contributed by atoms with van der Waals surface area (Å²) in [5.74, 6) is 0.630. The van der Waals surface area contributed by atoms with Gasteiger partial charge in [0.05, 0.1) is 18.1 Å². The zero-order valence-electron chi connectivity index (χ0n) is 22.4. The number of hydrogen-bond acceptors (Lipinski definition) is 3. The van der Waals surface area contributed by atoms with Gasteiger partial charge < -0.3 is 15.3 Å². The minimum absolute atomic E-state index is 0.0564. The molecule has 4 saturated carbocycles. The van der Waals surface area contributed by atoms with E-state index in [1.807, 2.05) is 0 Å². The number of aliphatic hydroxyl groups excluding tert-OH is 2. The van der Waals surface area contributed by atoms with Gasteiger partial charge in [0, 0.05) is 5.41 Å². The average molecular weight is 473 g/mol. The van der Waals surface area contributed by atoms with Crippen LogP contribution in [-0.4, -0.2) is 34.0 Å². The topological polar surface area (TPSA) is 77.8 Å². The van der Waals surface area contributed by atoms with Crippen molar-refractivity contribution in [2.75, 3.05) is 6.61 Å². The van der Waals surface area contributed by atoms with Crippen LogP contribution < -0.4 is 0 Å². The van der Waals surface area contributed by atoms with Crippen LogP contribution in [0.3, 0.4) is 0 Å². The molecule has 9 unspecified atom stereocenters. The standard InChI is InChI=1S/C30H48O4/c1-25(2)13-15-30(24(33)34)16-14-28(5)19(20(30)17-25)7-8-22-26(3)11-10-23(32)27(4,18-31)21(26)9-12-29(22,28)6/h17,19,21-23,31-32H,7-16,18H2,1-6H3,(H,33,34). The first-order chi connectivity index (χ1) is 15.7. The normalized spacial score (nSPS) is 54.1. The summed E-state index contributed by atoms with van der Waals surface area (Å²) >= 11 is 0. The minimum atomic E-state index is -0.658. The van der Waals surface area contributed by atoms with Crippen molar-refractivity contribution in [2.24, 2.45) is 50.2 Å². The third kappa shape index (κ3) is 2.88. The molecule has 192 valence electrons. The van der Waals surface area contributed by atoms with E-state index in [0.717, 1.165) is 64.2 Å². The molecule has 9 atom stereocenters. The van der Waals surface area contributed by atoms with E-state index < -0.39 is 22.9 Å². The number of carboxylic acid groups (broad SMARTS) is 1. The van der Waals surface area contributed by atoms with Gasteiger partial charge in [-0.3, -0.25) is 4.79 Å². The van der Waals surface area contributed by atoms with E-state index in [1.54, 1.807) is 0 Å². The summed E-state index contributed by atoms with van der Waals surface area (Å²) in [5.41, 5.74) is 0.591. The molecule has 0 amide bonds. The van der Waals surface area contributed by atoms with Gasteiger partial charge >= 0.3 is 5.97 Å². The van der Waals surface area contributed by atoms with Gasteiger partial charge in [0.1, 0.15) is 0 Å². The number of aliphatic hydroxyl groups is 2. The molecule has 0 saturated heterocycles. The summed E-state index contributed by atoms with van der Waals surface area (Å²) in [6, 6.07) is 0. The van der Waals surface area contributed by atoms with E-state index in [4.69, 9.17) is 0 Å². The van der Waals surface area contributed by atoms with Gasteiger partial charge in [-0.05, 0) is 104 Å². The fourth-order valence-electron chi connectivity index (χ4n) is 10.7. The Morgan fingerprint density at radius 2 is 1.53 bits per heavy atom. The highest BCUT2D eigenvalue weighted by atomic mass is 16.4. The number of aliphatic carboxylic acids is 1. The second-order valence-electron chi connectivity index (χ2n) is 14.8. The molecule has 0 bridgehead atoms. The van der Waals surface area contributed by atoms with E-state index in [0.29, 0.717) is 17.8 Å². The van der Waals surface area contributed by atoms with Crippen molar-refractivity contribution in [3.8, 4) is 0 Å². The highest BCUT2D eigenvalue weighted by molar-refractivity contribution is 5.80. The van der Waals surface area contributed by atoms with Crippen molar-refractivity contribution >= 4 is 5.97 Å². The predicted molar refractivity (Wildman–Crippen MR) is 134 cm³/mol. The summed E-state index contributed by atoms with van der Waals surface area (Å²) in [5, 5.41) is 31.8. The van der Waals surface area contributed by atoms with Crippen molar-refractivity contribution in [3.05, 3.63) is 11.6 Å². The monoisotopic (exact) mass is 472 g/mol. The Morgan fingerprint density at radius 3 is 2.18 bits per heavy atom. The van der Waals surface area contributed by atoms with Crippen LogP contribution in [0.15, 0.2) is 11.6 Å². The molecule has 0 aromatic rings. The number of allylic oxidation sites excluding steroid dienone is 1. The van der Waals surface area contributed by atoms with Crippen LogP contribution >= 0.6 is 0 Å². The molecule has 0 aliphatic heterocycles. The predicted octanol–water partition coefficient (Wildman–Crippen LogP) is 6.21. The summed E-state index contributed by atoms with van der Waals surface area (Å²) in [6.07, 6.45) is 11.6. The molecule has 0 aromatic carbocycles. The van der Waals surface area contributed by atoms with E-state index in [9.17, 15) is 20.1 Å². The Bertz CT molecular complexity index is 907. The molecule has 5 aliphatic carbocycles. The Kier molecular flexibility index (Phi) is 5.36. The third-order valence-electron chi connectivity index (χ3n) is 13.1. The first kappa shape index (κ1) is 24.8. The molecule has 0 radical (unpaired) electrons. The third-order valence-corrected chi connectivity index (χ3v) is 13.1. The van der Waals surface area contributed by atoms with Crippen LogP contribution in [0.5, 0.6) is 0 Å². The molecule has 3 N–H and O–H groups in total. The van der Waals surface area contributed by atoms with Crippen LogP contribution in [0.4, 0.5) is 0 Å². The molecule has 0 spiro atoms. The maximum atomic E-state index is 12.7. The van der Waals surface area contributed by atoms with Crippen molar-refractivity contribution in [1.29, 1.82) is 0 Å². The lowest BCUT2D eigenvalue weighted by molar-refractivity contribution is -0.238. The Morgan fingerprint density at radius 1 is 0.853 bits per heavy atom. The lowest BCUT2D eigenvalue weighted by Crippen LogP contribution is -2.67. The first-order valence-electron chi connectivity index (χ1n) is 14.0. The van der Waals surface area contributed by atoms with Crippen LogP contribution in [-0.2, 0) is 4.79 Å². The summed E-state index contributed by atoms with van der Waals surface area (Å²) in [6.45, 7) is 14.2. The zero-order chi connectivity index (χ0) is 24.9. The molecular formula is C30H48O4. The lowest BCUT2D eigenvalue weighted by Gasteiger charge is -2.72. The van der Waals surface area contributed by atoms with E-state index in [2.05, 4.69) is 47.6 Å². The Labute approximate surface area is 206 Å². The summed E-state index contributed by atoms with van der Waals surface area (Å²) in [4.78, 5) is 12.7. The molecule has 5 aliphatic rings. The molecule has 34 heavy (non-hydrogen) atoms. The van der Waals surface area contributed by atoms with Crippen molar-refractivity contribution in [3.63, 3.8) is 0 Å². The van der Waals surface area contributed by atoms with E-state index in [-0.39, 0.29) is 28.3 Å². The fourth-order valence-corrected chi connectivity index (χ4v) is 10.7. The summed E-state index contributed by atoms with van der Waals surface area (Å²) in [7, 11) is 0. The second-order valence-corrected chi connectivity index (χ2v) is 14.8. The molecular weight excluding hydrogens is 424 g/mol. The maximum absolute atomic E-state index is 12.7. The lowest BCUT2D eigenvalue weighted by atomic mass is 9.32. The van der Waals surface area contributed by atoms with Gasteiger partial charge in [-0.2, -0.15) is 0 Å². The van der Waals surface area contributed by atoms with Gasteiger partial charge in [0.2, 0.25) is 0 Å². The number of carboxylic acids is 1. The Hall–Kier alpha value is -0.870. The molecule has 5 rings (SSSR count). The fraction of sp³-hybridized carbons (Fsp3) is 0.900. The van der Waals surface area contributed by atoms with Gasteiger partial charge in [-0.15, -0.1) is 0 Å². The van der Waals surface area contributed by atoms with Crippen LogP contribution in [0.1, 0.15) is 106 Å². The van der Waals surface area contributed by atoms with Crippen molar-refractivity contribution < 1.29 is 20.1 Å². The largest absolute Gasteiger partial charge is 0.481 e. The zero-order valence-corrected chi connectivity index (χ0v) is 22.4. The van der Waals surface area contributed by atoms with Gasteiger partial charge in [-0.1, -0.05) is 53.2 Å². The minimum Gasteiger partial charge on any atom is -0.481 e. The highest BCUT2D eigenvalue weighted by Gasteiger charge is 2.70. The Balaban J connectivity index is 1.58. The first-order valence-corrected chi connectivity index (χ1v) is 14.0. The molecule has 4 fully saturated rings. The maximum Gasteiger partial charge on any atom is 0.313 e. The quantitative estimate of drug-likeness (QED) is 0.418. The van der Waals surface area contributed by atoms with Crippen LogP contribution in [0.25, 0.3) is 0 Å². The number of fused-ring (bicyclic) bond motifs is 7. The molecule has 4 heteroatoms. The van der Waals surface area contributed by atoms with E-state index in [1.165, 1.54) is 5.57 Å². The second kappa shape index (κ2) is 7.34. The highest BCUT2D eigenvalue weighted by Crippen LogP contribution is 2.76. The average Bonchev–Trinajstić information content (AvgIpc) is 2.76. The van der Waals surface area contributed by atoms with Gasteiger partial charge in [0.25, 0.3) is 0 Å².